The highest BCUT2D eigenvalue weighted by Crippen LogP contribution is 2.21. The van der Waals surface area contributed by atoms with E-state index in [1.165, 1.54) is 13.0 Å². The predicted octanol–water partition coefficient (Wildman–Crippen LogP) is 0.180. The molecular weight excluding hydrogens is 282 g/mol. The minimum absolute atomic E-state index is 0.0992. The van der Waals surface area contributed by atoms with E-state index >= 15 is 0 Å². The number of aliphatic imine (C=N–C) groups is 1. The molecule has 0 radical (unpaired) electrons. The molecule has 0 bridgehead atoms. The van der Waals surface area contributed by atoms with Crippen molar-refractivity contribution in [1.29, 1.82) is 5.26 Å². The lowest BCUT2D eigenvalue weighted by molar-refractivity contribution is -0.144. The molecule has 0 amide bonds. The molecule has 8 heteroatoms. The zero-order chi connectivity index (χ0) is 14.8. The summed E-state index contributed by atoms with van der Waals surface area (Å²) in [6.07, 6.45) is -0.866. The summed E-state index contributed by atoms with van der Waals surface area (Å²) in [5.74, 6) is -0.600. The van der Waals surface area contributed by atoms with Crippen LogP contribution in [0, 0.1) is 11.3 Å². The van der Waals surface area contributed by atoms with Crippen LogP contribution in [-0.4, -0.2) is 32.9 Å². The van der Waals surface area contributed by atoms with Gasteiger partial charge in [0, 0.05) is 5.56 Å². The van der Waals surface area contributed by atoms with E-state index in [-0.39, 0.29) is 17.3 Å². The third-order valence-corrected chi connectivity index (χ3v) is 3.92. The monoisotopic (exact) mass is 293 g/mol. The number of carbonyl (C=O) groups excluding carboxylic acids is 1. The number of esters is 1. The first-order valence-electron chi connectivity index (χ1n) is 5.70. The van der Waals surface area contributed by atoms with E-state index in [0.29, 0.717) is 5.56 Å². The molecule has 1 aromatic rings. The van der Waals surface area contributed by atoms with Gasteiger partial charge in [0.2, 0.25) is 0 Å². The van der Waals surface area contributed by atoms with Gasteiger partial charge in [-0.3, -0.25) is 14.5 Å². The van der Waals surface area contributed by atoms with Gasteiger partial charge >= 0.3 is 5.97 Å². The largest absolute Gasteiger partial charge is 0.446 e. The Hall–Kier alpha value is -2.40. The minimum Gasteiger partial charge on any atom is -0.446 e. The Morgan fingerprint density at radius 2 is 2.20 bits per heavy atom. The van der Waals surface area contributed by atoms with Gasteiger partial charge in [-0.2, -0.15) is 5.26 Å². The van der Waals surface area contributed by atoms with E-state index in [0.717, 1.165) is 0 Å². The fraction of sp³-hybridized carbons (Fsp3) is 0.250. The fourth-order valence-electron chi connectivity index (χ4n) is 1.66. The van der Waals surface area contributed by atoms with Crippen LogP contribution in [0.5, 0.6) is 0 Å². The Balaban J connectivity index is 2.18. The molecule has 1 heterocycles. The molecule has 1 N–H and O–H groups in total. The van der Waals surface area contributed by atoms with Gasteiger partial charge in [0.05, 0.1) is 4.90 Å². The van der Waals surface area contributed by atoms with E-state index in [1.54, 1.807) is 24.3 Å². The van der Waals surface area contributed by atoms with Gasteiger partial charge in [-0.1, -0.05) is 12.1 Å². The first kappa shape index (κ1) is 14.0. The first-order valence-corrected chi connectivity index (χ1v) is 7.18. The van der Waals surface area contributed by atoms with Gasteiger partial charge in [0.15, 0.2) is 6.10 Å². The second kappa shape index (κ2) is 5.30. The van der Waals surface area contributed by atoms with Crippen molar-refractivity contribution in [2.24, 2.45) is 4.99 Å². The maximum absolute atomic E-state index is 11.8. The van der Waals surface area contributed by atoms with Crippen molar-refractivity contribution in [3.05, 3.63) is 29.8 Å². The maximum Gasteiger partial charge on any atom is 0.329 e. The average Bonchev–Trinajstić information content (AvgIpc) is 2.68. The highest BCUT2D eigenvalue weighted by atomic mass is 32.2. The molecule has 0 spiro atoms. The summed E-state index contributed by atoms with van der Waals surface area (Å²) in [6.45, 7) is 1.07. The fourth-order valence-corrected chi connectivity index (χ4v) is 2.91. The minimum atomic E-state index is -3.62. The predicted molar refractivity (Wildman–Crippen MR) is 69.3 cm³/mol. The van der Waals surface area contributed by atoms with Crippen LogP contribution in [0.4, 0.5) is 0 Å². The van der Waals surface area contributed by atoms with Crippen molar-refractivity contribution in [3.8, 4) is 6.07 Å². The Kier molecular flexibility index (Phi) is 3.72. The molecule has 0 aromatic heterocycles. The number of nitriles is 1. The smallest absolute Gasteiger partial charge is 0.329 e. The second-order valence-corrected chi connectivity index (χ2v) is 5.68. The highest BCUT2D eigenvalue weighted by molar-refractivity contribution is 7.90. The average molecular weight is 293 g/mol. The van der Waals surface area contributed by atoms with E-state index in [4.69, 9.17) is 10.00 Å². The molecular formula is C12H11N3O4S. The van der Waals surface area contributed by atoms with Gasteiger partial charge in [-0.25, -0.2) is 8.42 Å². The number of hydrogen-bond acceptors (Lipinski definition) is 6. The van der Waals surface area contributed by atoms with Crippen molar-refractivity contribution in [2.75, 3.05) is 6.54 Å². The Bertz CT molecular complexity index is 718. The molecule has 7 nitrogen and oxygen atoms in total. The van der Waals surface area contributed by atoms with Crippen molar-refractivity contribution >= 4 is 21.8 Å². The summed E-state index contributed by atoms with van der Waals surface area (Å²) in [4.78, 5) is 15.4. The number of nitrogens with one attached hydrogen (secondary N) is 1. The summed E-state index contributed by atoms with van der Waals surface area (Å²) in [5, 5.41) is 8.51. The Labute approximate surface area is 115 Å². The van der Waals surface area contributed by atoms with Gasteiger partial charge in [0.1, 0.15) is 18.4 Å². The van der Waals surface area contributed by atoms with E-state index in [1.807, 2.05) is 0 Å². The zero-order valence-electron chi connectivity index (χ0n) is 10.5. The number of rotatable bonds is 3. The molecule has 2 rings (SSSR count). The van der Waals surface area contributed by atoms with Crippen molar-refractivity contribution in [2.45, 2.75) is 17.9 Å². The summed E-state index contributed by atoms with van der Waals surface area (Å²) in [6, 6.07) is 8.07. The summed E-state index contributed by atoms with van der Waals surface area (Å²) >= 11 is 0. The number of ether oxygens (including phenoxy) is 1. The summed E-state index contributed by atoms with van der Waals surface area (Å²) < 4.78 is 30.5. The lowest BCUT2D eigenvalue weighted by Crippen LogP contribution is -2.24. The topological polar surface area (TPSA) is 109 Å². The van der Waals surface area contributed by atoms with E-state index in [2.05, 4.69) is 9.71 Å². The van der Waals surface area contributed by atoms with Crippen LogP contribution in [0.2, 0.25) is 0 Å². The van der Waals surface area contributed by atoms with Crippen LogP contribution in [-0.2, 0) is 19.6 Å². The summed E-state index contributed by atoms with van der Waals surface area (Å²) in [7, 11) is -3.62. The lowest BCUT2D eigenvalue weighted by atomic mass is 10.2. The third kappa shape index (κ3) is 2.78. The molecule has 1 unspecified atom stereocenters. The van der Waals surface area contributed by atoms with Crippen LogP contribution in [0.1, 0.15) is 12.5 Å². The molecule has 0 saturated carbocycles. The Morgan fingerprint density at radius 3 is 2.90 bits per heavy atom. The van der Waals surface area contributed by atoms with Gasteiger partial charge in [-0.05, 0) is 19.1 Å². The molecule has 1 aliphatic heterocycles. The number of carbonyl (C=O) groups is 1. The number of benzene rings is 1. The van der Waals surface area contributed by atoms with Gasteiger partial charge in [0.25, 0.3) is 10.0 Å². The van der Waals surface area contributed by atoms with Crippen LogP contribution < -0.4 is 4.72 Å². The molecule has 0 aliphatic carbocycles. The van der Waals surface area contributed by atoms with Gasteiger partial charge in [-0.15, -0.1) is 0 Å². The van der Waals surface area contributed by atoms with Crippen LogP contribution in [0.25, 0.3) is 0 Å². The summed E-state index contributed by atoms with van der Waals surface area (Å²) in [5.41, 5.74) is 0.411. The third-order valence-electron chi connectivity index (χ3n) is 2.52. The van der Waals surface area contributed by atoms with E-state index < -0.39 is 22.1 Å². The standard InChI is InChI=1S/C12H11N3O4S/c1-8(6-13)19-11(16)7-14-12-9-4-2-3-5-10(9)20(17,18)15-12/h2-5,8H,7H2,1H3,(H,14,15). The molecule has 104 valence electrons. The maximum atomic E-state index is 11.8. The molecule has 20 heavy (non-hydrogen) atoms. The SMILES string of the molecule is CC(C#N)OC(=O)CN=C1NS(=O)(=O)c2ccccc21. The molecule has 1 aromatic carbocycles. The number of amidine groups is 1. The molecule has 1 atom stereocenters. The van der Waals surface area contributed by atoms with Crippen LogP contribution in [0.15, 0.2) is 34.2 Å². The zero-order valence-corrected chi connectivity index (χ0v) is 11.3. The number of sulfonamides is 1. The second-order valence-electron chi connectivity index (χ2n) is 4.03. The van der Waals surface area contributed by atoms with Gasteiger partial charge < -0.3 is 4.74 Å². The normalized spacial score (nSPS) is 18.7. The number of hydrogen-bond donors (Lipinski definition) is 1. The Morgan fingerprint density at radius 1 is 1.50 bits per heavy atom. The van der Waals surface area contributed by atoms with Crippen molar-refractivity contribution in [1.82, 2.24) is 4.72 Å². The molecule has 1 aliphatic rings. The van der Waals surface area contributed by atoms with Crippen molar-refractivity contribution in [3.63, 3.8) is 0 Å². The van der Waals surface area contributed by atoms with E-state index in [9.17, 15) is 13.2 Å². The lowest BCUT2D eigenvalue weighted by Gasteiger charge is -2.04. The quantitative estimate of drug-likeness (QED) is 0.800. The van der Waals surface area contributed by atoms with Crippen LogP contribution >= 0.6 is 0 Å². The number of fused-ring (bicyclic) bond motifs is 1. The molecule has 0 fully saturated rings. The number of nitrogens with zero attached hydrogens (tertiary/aromatic N) is 2. The highest BCUT2D eigenvalue weighted by Gasteiger charge is 2.30. The van der Waals surface area contributed by atoms with Crippen molar-refractivity contribution < 1.29 is 17.9 Å². The van der Waals surface area contributed by atoms with Crippen LogP contribution in [0.3, 0.4) is 0 Å². The first-order chi connectivity index (χ1) is 9.44. The molecule has 0 saturated heterocycles.